The molecule has 13 heteroatoms. The zero-order valence-corrected chi connectivity index (χ0v) is 57.7. The number of rotatable bonds is 14. The Morgan fingerprint density at radius 1 is 0.390 bits per heavy atom. The first-order valence-electron chi connectivity index (χ1n) is 35.8. The largest absolute Gasteiger partial charge is 0.495 e. The molecule has 6 aliphatic heterocycles. The van der Waals surface area contributed by atoms with Crippen molar-refractivity contribution in [3.8, 4) is 51.0 Å². The lowest BCUT2D eigenvalue weighted by Gasteiger charge is -2.40. The molecule has 100 heavy (non-hydrogen) atoms. The van der Waals surface area contributed by atoms with Gasteiger partial charge in [-0.3, -0.25) is 0 Å². The fraction of sp³-hybridized carbons (Fsp3) is 0.310. The second kappa shape index (κ2) is 24.8. The van der Waals surface area contributed by atoms with Crippen LogP contribution in [0.4, 0.5) is 22.7 Å². The Hall–Kier alpha value is -9.76. The summed E-state index contributed by atoms with van der Waals surface area (Å²) in [6.07, 6.45) is 9.93. The Kier molecular flexibility index (Phi) is 15.5. The van der Waals surface area contributed by atoms with Gasteiger partial charge in [0.2, 0.25) is 0 Å². The van der Waals surface area contributed by atoms with E-state index in [1.54, 1.807) is 14.2 Å². The summed E-state index contributed by atoms with van der Waals surface area (Å²) in [7, 11) is 3.55. The third-order valence-corrected chi connectivity index (χ3v) is 22.9. The second-order valence-corrected chi connectivity index (χ2v) is 28.5. The van der Waals surface area contributed by atoms with Crippen LogP contribution in [0.1, 0.15) is 82.8 Å². The topological polar surface area (TPSA) is 96.0 Å². The lowest BCUT2D eigenvalue weighted by atomic mass is 9.73. The van der Waals surface area contributed by atoms with Crippen molar-refractivity contribution in [2.45, 2.75) is 49.2 Å². The number of benzene rings is 10. The zero-order chi connectivity index (χ0) is 67.3. The van der Waals surface area contributed by atoms with Crippen molar-refractivity contribution in [1.82, 2.24) is 0 Å². The molecule has 0 N–H and O–H groups in total. The fourth-order valence-corrected chi connectivity index (χ4v) is 17.8. The standard InChI is InChI=1S/C87H84N4O9/c1-84(2)72-17-11-9-15-64(72)78-69-54-76(93-5)77(56-71(69)82-66(80(78)84)31-33-86(99-82,57-13-7-6-8-14-57)58-19-25-61(26-20-58)88-36-45-94-46-37-88)98-44-35-85(3)73-18-12-10-16-65(73)79-68-53-74(91-42-51-97-52-43-91)75(92-4)55-70(68)83-67(81(79)85)32-34-87(100-83,59-21-27-62(28-22-59)89-38-47-95-48-39-89)60-23-29-63(30-24-60)90-40-49-96-50-41-90/h6-34,53-56H,35-52H2,1-5H3. The lowest BCUT2D eigenvalue weighted by Crippen LogP contribution is -2.37. The van der Waals surface area contributed by atoms with Crippen molar-refractivity contribution in [2.75, 3.05) is 146 Å². The summed E-state index contributed by atoms with van der Waals surface area (Å²) < 4.78 is 59.7. The molecular formula is C87H84N4O9. The van der Waals surface area contributed by atoms with Crippen molar-refractivity contribution in [1.29, 1.82) is 0 Å². The van der Waals surface area contributed by atoms with Gasteiger partial charge in [-0.25, -0.2) is 0 Å². The summed E-state index contributed by atoms with van der Waals surface area (Å²) in [5, 5.41) is 4.10. The molecule has 10 aromatic carbocycles. The summed E-state index contributed by atoms with van der Waals surface area (Å²) in [5.41, 5.74) is 17.7. The molecule has 0 saturated carbocycles. The van der Waals surface area contributed by atoms with Crippen LogP contribution in [-0.2, 0) is 41.0 Å². The summed E-state index contributed by atoms with van der Waals surface area (Å²) in [6.45, 7) is 19.6. The molecule has 0 aromatic heterocycles. The predicted octanol–water partition coefficient (Wildman–Crippen LogP) is 16.1. The fourth-order valence-electron chi connectivity index (χ4n) is 17.8. The Morgan fingerprint density at radius 2 is 0.790 bits per heavy atom. The number of fused-ring (bicyclic) bond motifs is 16. The quantitative estimate of drug-likeness (QED) is 0.103. The van der Waals surface area contributed by atoms with E-state index in [9.17, 15) is 0 Å². The number of anilines is 4. The van der Waals surface area contributed by atoms with Crippen LogP contribution in [0, 0.1) is 0 Å². The molecule has 4 fully saturated rings. The summed E-state index contributed by atoms with van der Waals surface area (Å²) in [6, 6.07) is 64.6. The highest BCUT2D eigenvalue weighted by molar-refractivity contribution is 6.12. The maximum absolute atomic E-state index is 8.12. The van der Waals surface area contributed by atoms with E-state index in [0.717, 1.165) is 130 Å². The van der Waals surface area contributed by atoms with Gasteiger partial charge in [-0.15, -0.1) is 0 Å². The molecule has 6 heterocycles. The average molecular weight is 1330 g/mol. The molecule has 10 aromatic rings. The van der Waals surface area contributed by atoms with Crippen LogP contribution in [0.25, 0.3) is 56.0 Å². The number of hydrogen-bond acceptors (Lipinski definition) is 13. The van der Waals surface area contributed by atoms with Crippen LogP contribution in [0.3, 0.4) is 0 Å². The van der Waals surface area contributed by atoms with Gasteiger partial charge in [-0.2, -0.15) is 0 Å². The highest BCUT2D eigenvalue weighted by atomic mass is 16.5. The maximum atomic E-state index is 8.12. The van der Waals surface area contributed by atoms with E-state index in [4.69, 9.17) is 42.6 Å². The van der Waals surface area contributed by atoms with Gasteiger partial charge < -0.3 is 62.2 Å². The molecule has 2 aliphatic carbocycles. The number of morpholine rings is 4. The van der Waals surface area contributed by atoms with Crippen LogP contribution in [0.5, 0.6) is 28.7 Å². The Balaban J connectivity index is 0.781. The van der Waals surface area contributed by atoms with Gasteiger partial charge in [0.25, 0.3) is 0 Å². The van der Waals surface area contributed by atoms with Gasteiger partial charge in [0.15, 0.2) is 22.7 Å². The summed E-state index contributed by atoms with van der Waals surface area (Å²) in [5.74, 6) is 3.72. The molecule has 0 amide bonds. The molecule has 0 radical (unpaired) electrons. The summed E-state index contributed by atoms with van der Waals surface area (Å²) >= 11 is 0. The predicted molar refractivity (Wildman–Crippen MR) is 399 cm³/mol. The van der Waals surface area contributed by atoms with E-state index in [-0.39, 0.29) is 5.41 Å². The second-order valence-electron chi connectivity index (χ2n) is 28.5. The minimum Gasteiger partial charge on any atom is -0.495 e. The normalized spacial score (nSPS) is 20.8. The van der Waals surface area contributed by atoms with Crippen LogP contribution in [0.2, 0.25) is 0 Å². The highest BCUT2D eigenvalue weighted by Gasteiger charge is 2.49. The summed E-state index contributed by atoms with van der Waals surface area (Å²) in [4.78, 5) is 9.63. The molecule has 18 rings (SSSR count). The minimum atomic E-state index is -1.03. The van der Waals surface area contributed by atoms with E-state index in [1.165, 1.54) is 61.6 Å². The van der Waals surface area contributed by atoms with E-state index in [0.29, 0.717) is 77.4 Å². The van der Waals surface area contributed by atoms with Crippen LogP contribution >= 0.6 is 0 Å². The Bertz CT molecular complexity index is 4810. The Morgan fingerprint density at radius 3 is 1.29 bits per heavy atom. The molecule has 2 unspecified atom stereocenters. The number of methoxy groups -OCH3 is 2. The molecule has 13 nitrogen and oxygen atoms in total. The van der Waals surface area contributed by atoms with Gasteiger partial charge in [0.05, 0.1) is 79.4 Å². The molecule has 0 spiro atoms. The van der Waals surface area contributed by atoms with Crippen molar-refractivity contribution in [3.05, 3.63) is 244 Å². The van der Waals surface area contributed by atoms with Crippen molar-refractivity contribution in [2.24, 2.45) is 0 Å². The molecule has 506 valence electrons. The number of nitrogens with zero attached hydrogens (tertiary/aromatic N) is 4. The van der Waals surface area contributed by atoms with Crippen molar-refractivity contribution in [3.63, 3.8) is 0 Å². The van der Waals surface area contributed by atoms with Crippen LogP contribution in [0.15, 0.2) is 188 Å². The maximum Gasteiger partial charge on any atom is 0.178 e. The van der Waals surface area contributed by atoms with Crippen LogP contribution in [-0.4, -0.2) is 126 Å². The van der Waals surface area contributed by atoms with Crippen molar-refractivity contribution >= 4 is 56.4 Å². The molecular weight excluding hydrogens is 1240 g/mol. The van der Waals surface area contributed by atoms with Gasteiger partial charge in [0, 0.05) is 124 Å². The number of hydrogen-bond donors (Lipinski definition) is 0. The Labute approximate surface area is 585 Å². The number of ether oxygens (including phenoxy) is 9. The van der Waals surface area contributed by atoms with E-state index in [1.807, 2.05) is 0 Å². The highest BCUT2D eigenvalue weighted by Crippen LogP contribution is 2.62. The first-order chi connectivity index (χ1) is 49.1. The van der Waals surface area contributed by atoms with Gasteiger partial charge >= 0.3 is 0 Å². The molecule has 4 saturated heterocycles. The monoisotopic (exact) mass is 1330 g/mol. The molecule has 0 bridgehead atoms. The lowest BCUT2D eigenvalue weighted by molar-refractivity contribution is 0.122. The first kappa shape index (κ1) is 62.5. The zero-order valence-electron chi connectivity index (χ0n) is 57.7. The van der Waals surface area contributed by atoms with E-state index in [2.05, 4.69) is 241 Å². The van der Waals surface area contributed by atoms with E-state index < -0.39 is 16.6 Å². The smallest absolute Gasteiger partial charge is 0.178 e. The van der Waals surface area contributed by atoms with Crippen molar-refractivity contribution < 1.29 is 42.6 Å². The third kappa shape index (κ3) is 9.99. The third-order valence-electron chi connectivity index (χ3n) is 22.9. The minimum absolute atomic E-state index is 0.345. The van der Waals surface area contributed by atoms with Gasteiger partial charge in [-0.1, -0.05) is 148 Å². The average Bonchev–Trinajstić information content (AvgIpc) is 1.48. The van der Waals surface area contributed by atoms with Gasteiger partial charge in [-0.05, 0) is 135 Å². The SMILES string of the molecule is COc1cc2c3c(c4c(c2cc1OCCC1(C)c2ccccc2-c2c1c1c(c5cc(OC)c(N6CCOCC6)cc25)OC(c2ccc(N5CCOCC5)cc2)(c2ccc(N5CCOCC5)cc2)C=C1)OC(c1ccccc1)(c1ccc(N2CCOCC2)cc1)C=C4)C(C)(C)c1ccccc1-3. The van der Waals surface area contributed by atoms with Gasteiger partial charge in [0.1, 0.15) is 17.2 Å². The molecule has 2 atom stereocenters. The first-order valence-corrected chi connectivity index (χ1v) is 35.8. The van der Waals surface area contributed by atoms with Crippen LogP contribution < -0.4 is 43.3 Å². The molecule has 8 aliphatic rings. The van der Waals surface area contributed by atoms with E-state index >= 15 is 0 Å².